The highest BCUT2D eigenvalue weighted by Crippen LogP contribution is 2.45. The maximum atomic E-state index is 13.1. The number of rotatable bonds is 75. The van der Waals surface area contributed by atoms with Gasteiger partial charge in [-0.1, -0.05) is 329 Å². The second-order valence-corrected chi connectivity index (χ2v) is 30.4. The van der Waals surface area contributed by atoms with E-state index in [9.17, 15) is 43.2 Å². The lowest BCUT2D eigenvalue weighted by atomic mass is 10.0. The van der Waals surface area contributed by atoms with E-state index < -0.39 is 97.5 Å². The van der Waals surface area contributed by atoms with E-state index in [0.29, 0.717) is 25.7 Å². The molecule has 17 nitrogen and oxygen atoms in total. The number of hydrogen-bond acceptors (Lipinski definition) is 15. The smallest absolute Gasteiger partial charge is 0.462 e. The number of aliphatic hydroxyl groups is 1. The topological polar surface area (TPSA) is 237 Å². The second-order valence-electron chi connectivity index (χ2n) is 27.5. The summed E-state index contributed by atoms with van der Waals surface area (Å²) in [6.07, 6.45) is 61.7. The minimum atomic E-state index is -4.96. The van der Waals surface area contributed by atoms with Crippen LogP contribution in [0.3, 0.4) is 0 Å². The molecule has 0 saturated carbocycles. The molecule has 2 unspecified atom stereocenters. The number of phosphoric ester groups is 2. The Morgan fingerprint density at radius 2 is 0.562 bits per heavy atom. The highest BCUT2D eigenvalue weighted by atomic mass is 31.2. The van der Waals surface area contributed by atoms with Crippen molar-refractivity contribution in [3.05, 3.63) is 24.3 Å². The van der Waals surface area contributed by atoms with Gasteiger partial charge in [0.1, 0.15) is 19.3 Å². The van der Waals surface area contributed by atoms with Crippen LogP contribution in [0, 0.1) is 5.92 Å². The highest BCUT2D eigenvalue weighted by molar-refractivity contribution is 7.47. The molecule has 5 atom stereocenters. The zero-order valence-electron chi connectivity index (χ0n) is 62.0. The molecule has 0 aromatic rings. The molecule has 566 valence electrons. The maximum Gasteiger partial charge on any atom is 0.472 e. The first kappa shape index (κ1) is 93.5. The summed E-state index contributed by atoms with van der Waals surface area (Å²) in [5.74, 6) is -1.39. The van der Waals surface area contributed by atoms with Gasteiger partial charge in [-0.25, -0.2) is 9.13 Å². The summed E-state index contributed by atoms with van der Waals surface area (Å²) in [7, 11) is -9.92. The fraction of sp³-hybridized carbons (Fsp3) is 0.896. The molecule has 0 amide bonds. The van der Waals surface area contributed by atoms with E-state index in [2.05, 4.69) is 58.9 Å². The molecule has 0 radical (unpaired) electrons. The van der Waals surface area contributed by atoms with Gasteiger partial charge in [0, 0.05) is 25.7 Å². The molecule has 3 N–H and O–H groups in total. The Balaban J connectivity index is 5.29. The lowest BCUT2D eigenvalue weighted by Gasteiger charge is -2.21. The van der Waals surface area contributed by atoms with Gasteiger partial charge in [-0.2, -0.15) is 0 Å². The fourth-order valence-corrected chi connectivity index (χ4v) is 12.9. The number of esters is 4. The van der Waals surface area contributed by atoms with Crippen LogP contribution in [0.4, 0.5) is 0 Å². The van der Waals surface area contributed by atoms with E-state index in [0.717, 1.165) is 115 Å². The number of carbonyl (C=O) groups excluding carboxylic acids is 4. The largest absolute Gasteiger partial charge is 0.472 e. The SMILES string of the molecule is CCCCCC/C=C\C=C/CCCCCCCC(=O)OC[C@H](COP(=O)(O)OC[C@@H](O)COP(=O)(O)OC[C@@H](COC(=O)CCCCCCCCCCCCC)OC(=O)CCCCCCCCCCCCC(C)C)OC(=O)CCCCCCCCCCCCCCCCCCC. The lowest BCUT2D eigenvalue weighted by Crippen LogP contribution is -2.30. The Morgan fingerprint density at radius 1 is 0.323 bits per heavy atom. The molecule has 96 heavy (non-hydrogen) atoms. The third-order valence-electron chi connectivity index (χ3n) is 17.4. The van der Waals surface area contributed by atoms with Gasteiger partial charge in [-0.3, -0.25) is 37.3 Å². The molecule has 0 aromatic heterocycles. The van der Waals surface area contributed by atoms with Crippen LogP contribution in [0.1, 0.15) is 381 Å². The van der Waals surface area contributed by atoms with E-state index in [1.54, 1.807) is 0 Å². The summed E-state index contributed by atoms with van der Waals surface area (Å²) in [5.41, 5.74) is 0. The first-order valence-electron chi connectivity index (χ1n) is 39.5. The number of phosphoric acid groups is 2. The van der Waals surface area contributed by atoms with Gasteiger partial charge in [-0.15, -0.1) is 0 Å². The van der Waals surface area contributed by atoms with Crippen LogP contribution in [0.25, 0.3) is 0 Å². The first-order chi connectivity index (χ1) is 46.5. The molecule has 0 rings (SSSR count). The Labute approximate surface area is 586 Å². The Kier molecular flexibility index (Phi) is 67.8. The zero-order chi connectivity index (χ0) is 70.5. The first-order valence-corrected chi connectivity index (χ1v) is 42.4. The van der Waals surface area contributed by atoms with Crippen molar-refractivity contribution in [3.8, 4) is 0 Å². The van der Waals surface area contributed by atoms with Gasteiger partial charge < -0.3 is 33.8 Å². The van der Waals surface area contributed by atoms with Crippen molar-refractivity contribution in [2.24, 2.45) is 5.92 Å². The van der Waals surface area contributed by atoms with Crippen LogP contribution in [0.5, 0.6) is 0 Å². The minimum Gasteiger partial charge on any atom is -0.462 e. The molecular formula is C77H146O17P2. The van der Waals surface area contributed by atoms with Gasteiger partial charge in [0.15, 0.2) is 12.2 Å². The quantitative estimate of drug-likeness (QED) is 0.0169. The summed E-state index contributed by atoms with van der Waals surface area (Å²) in [4.78, 5) is 72.8. The van der Waals surface area contributed by atoms with Crippen molar-refractivity contribution in [1.82, 2.24) is 0 Å². The second kappa shape index (κ2) is 69.6. The molecule has 0 spiro atoms. The number of hydrogen-bond donors (Lipinski definition) is 3. The molecule has 0 heterocycles. The molecule has 0 fully saturated rings. The van der Waals surface area contributed by atoms with Crippen LogP contribution in [0.2, 0.25) is 0 Å². The minimum absolute atomic E-state index is 0.102. The lowest BCUT2D eigenvalue weighted by molar-refractivity contribution is -0.161. The highest BCUT2D eigenvalue weighted by Gasteiger charge is 2.30. The van der Waals surface area contributed by atoms with Gasteiger partial charge in [0.2, 0.25) is 0 Å². The zero-order valence-corrected chi connectivity index (χ0v) is 63.8. The molecule has 0 aliphatic heterocycles. The van der Waals surface area contributed by atoms with E-state index in [1.165, 1.54) is 186 Å². The number of unbranched alkanes of at least 4 members (excludes halogenated alkanes) is 44. The van der Waals surface area contributed by atoms with Crippen molar-refractivity contribution in [3.63, 3.8) is 0 Å². The van der Waals surface area contributed by atoms with Gasteiger partial charge in [0.05, 0.1) is 26.4 Å². The van der Waals surface area contributed by atoms with Gasteiger partial charge in [0.25, 0.3) is 0 Å². The van der Waals surface area contributed by atoms with Crippen molar-refractivity contribution in [2.45, 2.75) is 400 Å². The van der Waals surface area contributed by atoms with E-state index in [4.69, 9.17) is 37.0 Å². The van der Waals surface area contributed by atoms with E-state index >= 15 is 0 Å². The molecule has 0 bridgehead atoms. The predicted octanol–water partition coefficient (Wildman–Crippen LogP) is 22.4. The Morgan fingerprint density at radius 3 is 0.854 bits per heavy atom. The average molecular weight is 1410 g/mol. The van der Waals surface area contributed by atoms with Crippen molar-refractivity contribution in [2.75, 3.05) is 39.6 Å². The van der Waals surface area contributed by atoms with Crippen LogP contribution in [-0.4, -0.2) is 96.7 Å². The molecular weight excluding hydrogens is 1260 g/mol. The van der Waals surface area contributed by atoms with Gasteiger partial charge in [-0.05, 0) is 57.3 Å². The van der Waals surface area contributed by atoms with E-state index in [1.807, 2.05) is 0 Å². The molecule has 19 heteroatoms. The summed E-state index contributed by atoms with van der Waals surface area (Å²) in [6, 6.07) is 0. The number of aliphatic hydroxyl groups excluding tert-OH is 1. The van der Waals surface area contributed by atoms with Crippen LogP contribution in [-0.2, 0) is 65.4 Å². The number of allylic oxidation sites excluding steroid dienone is 4. The average Bonchev–Trinajstić information content (AvgIpc) is 1.31. The predicted molar refractivity (Wildman–Crippen MR) is 391 cm³/mol. The van der Waals surface area contributed by atoms with Crippen molar-refractivity contribution < 1.29 is 80.2 Å². The summed E-state index contributed by atoms with van der Waals surface area (Å²) < 4.78 is 68.5. The summed E-state index contributed by atoms with van der Waals surface area (Å²) in [5, 5.41) is 10.6. The molecule has 0 aliphatic rings. The number of ether oxygens (including phenoxy) is 4. The van der Waals surface area contributed by atoms with Crippen LogP contribution >= 0.6 is 15.6 Å². The third kappa shape index (κ3) is 70.0. The monoisotopic (exact) mass is 1410 g/mol. The van der Waals surface area contributed by atoms with Gasteiger partial charge >= 0.3 is 39.5 Å². The molecule has 0 saturated heterocycles. The normalized spacial score (nSPS) is 14.1. The third-order valence-corrected chi connectivity index (χ3v) is 19.3. The Bertz CT molecular complexity index is 1930. The van der Waals surface area contributed by atoms with Crippen LogP contribution in [0.15, 0.2) is 24.3 Å². The van der Waals surface area contributed by atoms with Crippen LogP contribution < -0.4 is 0 Å². The van der Waals surface area contributed by atoms with Crippen molar-refractivity contribution in [1.29, 1.82) is 0 Å². The fourth-order valence-electron chi connectivity index (χ4n) is 11.3. The molecule has 0 aliphatic carbocycles. The van der Waals surface area contributed by atoms with Crippen molar-refractivity contribution >= 4 is 39.5 Å². The maximum absolute atomic E-state index is 13.1. The van der Waals surface area contributed by atoms with E-state index in [-0.39, 0.29) is 25.7 Å². The number of carbonyl (C=O) groups is 4. The standard InChI is InChI=1S/C77H146O17P2/c1-6-9-12-15-18-21-24-26-28-29-31-33-36-42-47-52-57-62-76(81)93-72(67-88-75(80)61-56-51-46-41-35-32-30-27-25-22-19-16-13-10-7-2)68-91-95(83,84)89-64-71(78)65-90-96(85,86)92-69-73(66-87-74(79)60-55-50-45-40-34-23-20-17-14-11-8-3)94-77(82)63-58-53-48-43-38-37-39-44-49-54-59-70(4)5/h22,25,27,30,70-73,78H,6-21,23-24,26,28-29,31-69H2,1-5H3,(H,83,84)(H,85,86)/b25-22-,30-27-/t71-,72-,73-/m1/s1. The summed E-state index contributed by atoms with van der Waals surface area (Å²) in [6.45, 7) is 7.22. The summed E-state index contributed by atoms with van der Waals surface area (Å²) >= 11 is 0. The molecule has 0 aromatic carbocycles. The Hall–Kier alpha value is -2.46.